The van der Waals surface area contributed by atoms with Crippen LogP contribution in [0.5, 0.6) is 0 Å². The van der Waals surface area contributed by atoms with E-state index in [9.17, 15) is 0 Å². The van der Waals surface area contributed by atoms with Gasteiger partial charge in [-0.15, -0.1) is 0 Å². The van der Waals surface area contributed by atoms with E-state index in [0.717, 1.165) is 161 Å². The summed E-state index contributed by atoms with van der Waals surface area (Å²) in [7, 11) is 0. The van der Waals surface area contributed by atoms with Crippen LogP contribution in [-0.4, -0.2) is 42.4 Å². The van der Waals surface area contributed by atoms with Crippen LogP contribution >= 0.6 is 0 Å². The molecule has 0 saturated heterocycles. The van der Waals surface area contributed by atoms with E-state index in [4.69, 9.17) is 15.0 Å². The highest BCUT2D eigenvalue weighted by atomic mass is 15.1. The average molecular weight is 1380 g/mol. The summed E-state index contributed by atoms with van der Waals surface area (Å²) in [5, 5.41) is 14.1. The first kappa shape index (κ1) is 59.8. The van der Waals surface area contributed by atoms with E-state index in [2.05, 4.69) is 367 Å². The summed E-state index contributed by atoms with van der Waals surface area (Å²) in [4.78, 5) is 16.3. The van der Waals surface area contributed by atoms with Crippen molar-refractivity contribution < 1.29 is 0 Å². The Kier molecular flexibility index (Phi) is 13.0. The highest BCUT2D eigenvalue weighted by Gasteiger charge is 2.28. The average Bonchev–Trinajstić information content (AvgIpc) is 1.55. The lowest BCUT2D eigenvalue weighted by Crippen LogP contribution is -2.08. The fraction of sp³-hybridized carbons (Fsp3) is 0. The number of para-hydroxylation sites is 8. The first-order valence-corrected chi connectivity index (χ1v) is 36.8. The summed E-state index contributed by atoms with van der Waals surface area (Å²) in [5.74, 6) is 1.44. The molecule has 0 spiro atoms. The minimum atomic E-state index is 0.668. The van der Waals surface area contributed by atoms with Gasteiger partial charge in [0.15, 0.2) is 11.6 Å². The number of aromatic nitrogens is 9. The molecule has 0 aliphatic heterocycles. The third-order valence-corrected chi connectivity index (χ3v) is 22.5. The Bertz CT molecular complexity index is 7060. The quantitative estimate of drug-likeness (QED) is 0.137. The molecule has 502 valence electrons. The first-order valence-electron chi connectivity index (χ1n) is 36.8. The van der Waals surface area contributed by atoms with Crippen molar-refractivity contribution in [2.45, 2.75) is 0 Å². The fourth-order valence-electron chi connectivity index (χ4n) is 17.8. The van der Waals surface area contributed by atoms with Crippen molar-refractivity contribution >= 4 is 131 Å². The SMILES string of the molecule is c1ccc(-c2cc(-c3ccc(-c4ccnc(-n5c6ccc(-n7c8ccccc8c8ccccc87)cc6c6cc(-n7c8ccccc8c8ccccc87)ccc65)c4-n4c5ccc(-n6c7ccccc7c7ccccc76)cc5c5cc(-n6c7ccccc7c7ccccc76)ccc54)cc3)nc(-c3ccccc3)n2)cc1. The second-order valence-electron chi connectivity index (χ2n) is 28.3. The van der Waals surface area contributed by atoms with Crippen molar-refractivity contribution in [2.24, 2.45) is 0 Å². The van der Waals surface area contributed by atoms with Gasteiger partial charge >= 0.3 is 0 Å². The van der Waals surface area contributed by atoms with Gasteiger partial charge in [-0.2, -0.15) is 0 Å². The molecule has 0 unspecified atom stereocenters. The second-order valence-corrected chi connectivity index (χ2v) is 28.3. The number of hydrogen-bond acceptors (Lipinski definition) is 3. The first-order chi connectivity index (χ1) is 53.6. The van der Waals surface area contributed by atoms with E-state index < -0.39 is 0 Å². The molecule has 9 heteroatoms. The fourth-order valence-corrected chi connectivity index (χ4v) is 17.8. The van der Waals surface area contributed by atoms with Crippen molar-refractivity contribution in [3.05, 3.63) is 370 Å². The largest absolute Gasteiger partial charge is 0.309 e. The molecule has 0 bridgehead atoms. The Balaban J connectivity index is 0.822. The molecule has 0 N–H and O–H groups in total. The predicted octanol–water partition coefficient (Wildman–Crippen LogP) is 25.1. The van der Waals surface area contributed by atoms with E-state index in [1.807, 2.05) is 30.5 Å². The number of rotatable bonds is 10. The molecule has 0 amide bonds. The van der Waals surface area contributed by atoms with Gasteiger partial charge in [0.1, 0.15) is 0 Å². The zero-order chi connectivity index (χ0) is 70.7. The van der Waals surface area contributed by atoms with Crippen molar-refractivity contribution in [3.63, 3.8) is 0 Å². The summed E-state index contributed by atoms with van der Waals surface area (Å²) in [6, 6.07) is 133. The van der Waals surface area contributed by atoms with Gasteiger partial charge in [0.2, 0.25) is 0 Å². The number of benzene rings is 15. The van der Waals surface area contributed by atoms with Gasteiger partial charge in [0.05, 0.1) is 83.3 Å². The van der Waals surface area contributed by atoms with Crippen molar-refractivity contribution in [2.75, 3.05) is 0 Å². The zero-order valence-corrected chi connectivity index (χ0v) is 58.2. The molecular weight excluding hydrogens is 1320 g/mol. The number of pyridine rings is 1. The van der Waals surface area contributed by atoms with Crippen molar-refractivity contribution in [1.82, 2.24) is 42.4 Å². The topological polar surface area (TPSA) is 68.2 Å². The van der Waals surface area contributed by atoms with E-state index in [1.54, 1.807) is 0 Å². The van der Waals surface area contributed by atoms with Crippen LogP contribution in [0, 0.1) is 0 Å². The molecule has 23 rings (SSSR count). The van der Waals surface area contributed by atoms with Crippen LogP contribution in [0.2, 0.25) is 0 Å². The summed E-state index contributed by atoms with van der Waals surface area (Å²) >= 11 is 0. The van der Waals surface area contributed by atoms with Gasteiger partial charge in [-0.05, 0) is 139 Å². The Hall–Kier alpha value is -14.7. The molecule has 8 aromatic heterocycles. The maximum absolute atomic E-state index is 5.79. The molecule has 0 fully saturated rings. The lowest BCUT2D eigenvalue weighted by molar-refractivity contribution is 1.03. The summed E-state index contributed by atoms with van der Waals surface area (Å²) in [6.07, 6.45) is 2.01. The molecule has 9 nitrogen and oxygen atoms in total. The maximum atomic E-state index is 5.79. The third-order valence-electron chi connectivity index (χ3n) is 22.5. The third kappa shape index (κ3) is 8.90. The van der Waals surface area contributed by atoms with Crippen molar-refractivity contribution in [3.8, 4) is 79.3 Å². The number of fused-ring (bicyclic) bond motifs is 18. The van der Waals surface area contributed by atoms with Crippen molar-refractivity contribution in [1.29, 1.82) is 0 Å². The highest BCUT2D eigenvalue weighted by molar-refractivity contribution is 6.18. The highest BCUT2D eigenvalue weighted by Crippen LogP contribution is 2.47. The van der Waals surface area contributed by atoms with Crippen LogP contribution in [0.15, 0.2) is 370 Å². The van der Waals surface area contributed by atoms with Gasteiger partial charge < -0.3 is 22.8 Å². The summed E-state index contributed by atoms with van der Waals surface area (Å²) < 4.78 is 14.7. The summed E-state index contributed by atoms with van der Waals surface area (Å²) in [5.41, 5.74) is 25.2. The second kappa shape index (κ2) is 23.4. The van der Waals surface area contributed by atoms with Crippen LogP contribution < -0.4 is 0 Å². The van der Waals surface area contributed by atoms with Crippen LogP contribution in [0.1, 0.15) is 0 Å². The molecule has 0 radical (unpaired) electrons. The van der Waals surface area contributed by atoms with Crippen LogP contribution in [-0.2, 0) is 0 Å². The molecule has 0 aliphatic carbocycles. The Morgan fingerprint density at radius 1 is 0.185 bits per heavy atom. The predicted molar refractivity (Wildman–Crippen MR) is 448 cm³/mol. The Morgan fingerprint density at radius 3 is 0.787 bits per heavy atom. The van der Waals surface area contributed by atoms with Crippen LogP contribution in [0.4, 0.5) is 0 Å². The van der Waals surface area contributed by atoms with E-state index in [0.29, 0.717) is 5.82 Å². The summed E-state index contributed by atoms with van der Waals surface area (Å²) in [6.45, 7) is 0. The number of nitrogens with zero attached hydrogens (tertiary/aromatic N) is 9. The minimum absolute atomic E-state index is 0.668. The smallest absolute Gasteiger partial charge is 0.162 e. The standard InChI is InChI=1S/C99H61N9/c1-3-23-63(24-4-1)83-61-84(102-98(101-83)65-25-5-2-6-26-65)64-45-43-62(44-46-64)70-55-56-100-99(108-95-53-49-68(105-89-39-19-11-31-75(89)76-32-12-20-40-90(76)105)59-81(95)82-60-69(50-54-96(82)108)106-91-41-21-13-33-77(91)78-34-14-22-42-92(78)106)97(70)107-93-51-47-66(103-85-35-15-7-27-71(85)72-28-8-16-36-86(72)103)57-79(93)80-58-67(48-52-94(80)107)104-87-37-17-9-29-73(87)74-30-10-18-38-88(74)104/h1-61H. The van der Waals surface area contributed by atoms with Gasteiger partial charge in [0.25, 0.3) is 0 Å². The number of hydrogen-bond donors (Lipinski definition) is 0. The zero-order valence-electron chi connectivity index (χ0n) is 58.2. The van der Waals surface area contributed by atoms with E-state index in [-0.39, 0.29) is 0 Å². The monoisotopic (exact) mass is 1380 g/mol. The van der Waals surface area contributed by atoms with Gasteiger partial charge in [-0.1, -0.05) is 231 Å². The normalized spacial score (nSPS) is 12.1. The Morgan fingerprint density at radius 2 is 0.454 bits per heavy atom. The van der Waals surface area contributed by atoms with E-state index >= 15 is 0 Å². The van der Waals surface area contributed by atoms with Gasteiger partial charge in [-0.25, -0.2) is 15.0 Å². The van der Waals surface area contributed by atoms with Crippen LogP contribution in [0.25, 0.3) is 210 Å². The minimum Gasteiger partial charge on any atom is -0.309 e. The lowest BCUT2D eigenvalue weighted by Gasteiger charge is -2.20. The molecule has 8 heterocycles. The molecular formula is C99H61N9. The lowest BCUT2D eigenvalue weighted by atomic mass is 10.0. The van der Waals surface area contributed by atoms with Gasteiger partial charge in [0, 0.05) is 116 Å². The molecule has 0 atom stereocenters. The van der Waals surface area contributed by atoms with Gasteiger partial charge in [-0.3, -0.25) is 4.57 Å². The Labute approximate surface area is 618 Å². The van der Waals surface area contributed by atoms with Crippen LogP contribution in [0.3, 0.4) is 0 Å². The maximum Gasteiger partial charge on any atom is 0.162 e. The van der Waals surface area contributed by atoms with E-state index in [1.165, 1.54) is 43.1 Å². The molecule has 23 aromatic rings. The molecule has 15 aromatic carbocycles. The molecule has 0 aliphatic rings. The molecule has 108 heavy (non-hydrogen) atoms. The molecule has 0 saturated carbocycles.